The number of ether oxygens (including phenoxy) is 1. The van der Waals surface area contributed by atoms with Crippen molar-refractivity contribution in [1.29, 1.82) is 0 Å². The molecular formula is C20H15ClN6O3S. The molecule has 3 aromatic heterocycles. The molecule has 0 saturated heterocycles. The van der Waals surface area contributed by atoms with Crippen LogP contribution >= 0.6 is 23.8 Å². The molecule has 156 valence electrons. The van der Waals surface area contributed by atoms with E-state index >= 15 is 0 Å². The van der Waals surface area contributed by atoms with E-state index in [2.05, 4.69) is 25.5 Å². The van der Waals surface area contributed by atoms with Crippen LogP contribution in [0.4, 0.5) is 5.82 Å². The molecule has 0 unspecified atom stereocenters. The Kier molecular flexibility index (Phi) is 5.65. The number of halogens is 1. The van der Waals surface area contributed by atoms with Gasteiger partial charge in [-0.05, 0) is 48.6 Å². The van der Waals surface area contributed by atoms with E-state index in [1.807, 2.05) is 6.07 Å². The molecule has 31 heavy (non-hydrogen) atoms. The number of nitrogens with one attached hydrogen (secondary N) is 2. The number of carboxylic acid groups (broad SMARTS) is 1. The number of anilines is 1. The van der Waals surface area contributed by atoms with E-state index in [1.165, 1.54) is 12.3 Å². The van der Waals surface area contributed by atoms with Crippen LogP contribution in [-0.4, -0.2) is 36.4 Å². The van der Waals surface area contributed by atoms with Crippen molar-refractivity contribution in [2.45, 2.75) is 6.61 Å². The fraction of sp³-hybridized carbons (Fsp3) is 0.0500. The summed E-state index contributed by atoms with van der Waals surface area (Å²) in [5, 5.41) is 20.2. The molecular weight excluding hydrogens is 440 g/mol. The smallest absolute Gasteiger partial charge is 0.337 e. The summed E-state index contributed by atoms with van der Waals surface area (Å²) in [5.74, 6) is -0.135. The number of aromatic nitrogens is 4. The number of H-pyrrole nitrogens is 1. The average molecular weight is 455 g/mol. The van der Waals surface area contributed by atoms with Gasteiger partial charge in [-0.2, -0.15) is 5.10 Å². The highest BCUT2D eigenvalue weighted by Crippen LogP contribution is 2.36. The number of aromatic carboxylic acids is 1. The molecule has 0 aliphatic rings. The predicted molar refractivity (Wildman–Crippen MR) is 120 cm³/mol. The summed E-state index contributed by atoms with van der Waals surface area (Å²) < 4.78 is 5.98. The number of thiocarbonyl (C=S) groups is 1. The zero-order chi connectivity index (χ0) is 22.0. The topological polar surface area (TPSA) is 139 Å². The minimum atomic E-state index is -1.04. The van der Waals surface area contributed by atoms with Crippen LogP contribution < -0.4 is 15.8 Å². The summed E-state index contributed by atoms with van der Waals surface area (Å²) >= 11 is 11.3. The Hall–Kier alpha value is -3.76. The van der Waals surface area contributed by atoms with Gasteiger partial charge < -0.3 is 20.9 Å². The van der Waals surface area contributed by atoms with E-state index in [0.717, 1.165) is 0 Å². The number of aromatic amines is 1. The first kappa shape index (κ1) is 20.5. The summed E-state index contributed by atoms with van der Waals surface area (Å²) in [4.78, 5) is 19.5. The van der Waals surface area contributed by atoms with E-state index in [1.54, 1.807) is 30.5 Å². The molecule has 0 amide bonds. The first-order valence-electron chi connectivity index (χ1n) is 8.93. The first-order chi connectivity index (χ1) is 14.9. The SMILES string of the molecule is NC(=S)Nc1n[nH]c2c(OCc3ccc(C(=O)O)cn3)cc(-c3ncccc3Cl)cc12. The second kappa shape index (κ2) is 8.54. The highest BCUT2D eigenvalue weighted by atomic mass is 35.5. The molecule has 0 atom stereocenters. The van der Waals surface area contributed by atoms with Gasteiger partial charge >= 0.3 is 5.97 Å². The van der Waals surface area contributed by atoms with Crippen LogP contribution in [0.25, 0.3) is 22.2 Å². The molecule has 11 heteroatoms. The fourth-order valence-corrected chi connectivity index (χ4v) is 3.27. The molecule has 4 aromatic rings. The Morgan fingerprint density at radius 3 is 2.81 bits per heavy atom. The van der Waals surface area contributed by atoms with Gasteiger partial charge in [0.25, 0.3) is 0 Å². The number of hydrogen-bond donors (Lipinski definition) is 4. The molecule has 5 N–H and O–H groups in total. The molecule has 0 aliphatic heterocycles. The number of fused-ring (bicyclic) bond motifs is 1. The molecule has 0 radical (unpaired) electrons. The van der Waals surface area contributed by atoms with Crippen molar-refractivity contribution in [3.8, 4) is 17.0 Å². The summed E-state index contributed by atoms with van der Waals surface area (Å²) in [5.41, 5.74) is 8.14. The van der Waals surface area contributed by atoms with Crippen LogP contribution in [0.1, 0.15) is 16.1 Å². The molecule has 0 spiro atoms. The Morgan fingerprint density at radius 2 is 2.13 bits per heavy atom. The van der Waals surface area contributed by atoms with Gasteiger partial charge in [-0.3, -0.25) is 15.1 Å². The lowest BCUT2D eigenvalue weighted by Gasteiger charge is -2.11. The van der Waals surface area contributed by atoms with E-state index in [0.29, 0.717) is 44.4 Å². The van der Waals surface area contributed by atoms with Crippen molar-refractivity contribution in [2.75, 3.05) is 5.32 Å². The zero-order valence-corrected chi connectivity index (χ0v) is 17.4. The predicted octanol–water partition coefficient (Wildman–Crippen LogP) is 3.61. The molecule has 0 aliphatic carbocycles. The number of nitrogens with zero attached hydrogens (tertiary/aromatic N) is 3. The standard InChI is InChI=1S/C20H15ClN6O3S/c21-14-2-1-5-23-16(14)11-6-13-17(26-27-18(13)25-20(22)31)15(7-11)30-9-12-4-3-10(8-24-12)19(28)29/h1-8H,9H2,(H,28,29)(H4,22,25,26,27,31). The van der Waals surface area contributed by atoms with Gasteiger partial charge in [0.05, 0.1) is 22.0 Å². The van der Waals surface area contributed by atoms with Gasteiger partial charge in [0.1, 0.15) is 17.9 Å². The van der Waals surface area contributed by atoms with E-state index in [9.17, 15) is 4.79 Å². The molecule has 0 fully saturated rings. The number of carbonyl (C=O) groups is 1. The van der Waals surface area contributed by atoms with Crippen LogP contribution in [0.15, 0.2) is 48.8 Å². The summed E-state index contributed by atoms with van der Waals surface area (Å²) in [6, 6.07) is 10.2. The van der Waals surface area contributed by atoms with Crippen molar-refractivity contribution >= 4 is 51.6 Å². The molecule has 0 bridgehead atoms. The Bertz CT molecular complexity index is 1290. The van der Waals surface area contributed by atoms with Crippen molar-refractivity contribution in [3.05, 3.63) is 65.1 Å². The van der Waals surface area contributed by atoms with Gasteiger partial charge in [0.15, 0.2) is 10.9 Å². The second-order valence-corrected chi connectivity index (χ2v) is 7.27. The average Bonchev–Trinajstić information content (AvgIpc) is 3.14. The zero-order valence-electron chi connectivity index (χ0n) is 15.8. The quantitative estimate of drug-likeness (QED) is 0.321. The van der Waals surface area contributed by atoms with Gasteiger partial charge in [-0.15, -0.1) is 0 Å². The van der Waals surface area contributed by atoms with E-state index < -0.39 is 5.97 Å². The normalized spacial score (nSPS) is 10.7. The third-order valence-corrected chi connectivity index (χ3v) is 4.76. The summed E-state index contributed by atoms with van der Waals surface area (Å²) in [6.07, 6.45) is 2.92. The number of rotatable bonds is 6. The van der Waals surface area contributed by atoms with Crippen molar-refractivity contribution in [3.63, 3.8) is 0 Å². The Morgan fingerprint density at radius 1 is 1.29 bits per heavy atom. The Labute approximate surface area is 186 Å². The number of benzene rings is 1. The van der Waals surface area contributed by atoms with Gasteiger partial charge in [0.2, 0.25) is 0 Å². The lowest BCUT2D eigenvalue weighted by atomic mass is 10.1. The highest BCUT2D eigenvalue weighted by molar-refractivity contribution is 7.80. The number of nitrogens with two attached hydrogens (primary N) is 1. The van der Waals surface area contributed by atoms with Crippen LogP contribution in [0.3, 0.4) is 0 Å². The maximum Gasteiger partial charge on any atom is 0.337 e. The highest BCUT2D eigenvalue weighted by Gasteiger charge is 2.16. The number of hydrogen-bond acceptors (Lipinski definition) is 6. The third-order valence-electron chi connectivity index (χ3n) is 4.36. The van der Waals surface area contributed by atoms with E-state index in [-0.39, 0.29) is 17.3 Å². The molecule has 9 nitrogen and oxygen atoms in total. The van der Waals surface area contributed by atoms with Crippen molar-refractivity contribution in [1.82, 2.24) is 20.2 Å². The lowest BCUT2D eigenvalue weighted by Crippen LogP contribution is -2.19. The first-order valence-corrected chi connectivity index (χ1v) is 9.71. The summed E-state index contributed by atoms with van der Waals surface area (Å²) in [6.45, 7) is 0.103. The second-order valence-electron chi connectivity index (χ2n) is 6.42. The van der Waals surface area contributed by atoms with Gasteiger partial charge in [-0.1, -0.05) is 11.6 Å². The van der Waals surface area contributed by atoms with Crippen LogP contribution in [0.5, 0.6) is 5.75 Å². The molecule has 0 saturated carbocycles. The van der Waals surface area contributed by atoms with Crippen LogP contribution in [0, 0.1) is 0 Å². The minimum absolute atomic E-state index is 0.0693. The van der Waals surface area contributed by atoms with Crippen molar-refractivity contribution in [2.24, 2.45) is 5.73 Å². The number of carboxylic acids is 1. The molecule has 4 rings (SSSR count). The monoisotopic (exact) mass is 454 g/mol. The maximum absolute atomic E-state index is 11.0. The molecule has 1 aromatic carbocycles. The molecule has 3 heterocycles. The fourth-order valence-electron chi connectivity index (χ4n) is 2.94. The van der Waals surface area contributed by atoms with Gasteiger partial charge in [0, 0.05) is 23.3 Å². The summed E-state index contributed by atoms with van der Waals surface area (Å²) in [7, 11) is 0. The largest absolute Gasteiger partial charge is 0.485 e. The Balaban J connectivity index is 1.74. The third kappa shape index (κ3) is 4.39. The lowest BCUT2D eigenvalue weighted by molar-refractivity contribution is 0.0696. The van der Waals surface area contributed by atoms with Crippen molar-refractivity contribution < 1.29 is 14.6 Å². The number of pyridine rings is 2. The van der Waals surface area contributed by atoms with Crippen LogP contribution in [-0.2, 0) is 6.61 Å². The van der Waals surface area contributed by atoms with Crippen LogP contribution in [0.2, 0.25) is 5.02 Å². The minimum Gasteiger partial charge on any atom is -0.485 e. The van der Waals surface area contributed by atoms with Gasteiger partial charge in [-0.25, -0.2) is 4.79 Å². The van der Waals surface area contributed by atoms with E-state index in [4.69, 9.17) is 39.4 Å². The maximum atomic E-state index is 11.0.